The number of hydrazone groups is 1. The van der Waals surface area contributed by atoms with Crippen molar-refractivity contribution in [3.63, 3.8) is 0 Å². The van der Waals surface area contributed by atoms with Crippen LogP contribution in [0, 0.1) is 0 Å². The van der Waals surface area contributed by atoms with E-state index in [1.807, 2.05) is 44.1 Å². The Labute approximate surface area is 163 Å². The number of fused-ring (bicyclic) bond motifs is 1. The van der Waals surface area contributed by atoms with Gasteiger partial charge >= 0.3 is 0 Å². The minimum absolute atomic E-state index is 0.145. The Morgan fingerprint density at radius 3 is 2.75 bits per heavy atom. The summed E-state index contributed by atoms with van der Waals surface area (Å²) < 4.78 is 21.8. The van der Waals surface area contributed by atoms with Gasteiger partial charge in [0, 0.05) is 37.5 Å². The first-order valence-corrected chi connectivity index (χ1v) is 8.85. The van der Waals surface area contributed by atoms with Gasteiger partial charge in [-0.2, -0.15) is 5.10 Å². The van der Waals surface area contributed by atoms with Gasteiger partial charge in [-0.05, 0) is 25.1 Å². The van der Waals surface area contributed by atoms with Crippen molar-refractivity contribution in [2.75, 3.05) is 39.0 Å². The van der Waals surface area contributed by atoms with Gasteiger partial charge in [0.05, 0.1) is 12.8 Å². The minimum atomic E-state index is -0.370. The van der Waals surface area contributed by atoms with E-state index in [-0.39, 0.29) is 19.3 Å². The maximum atomic E-state index is 12.0. The molecule has 148 valence electrons. The lowest BCUT2D eigenvalue weighted by Crippen LogP contribution is -2.24. The Bertz CT molecular complexity index is 867. The molecule has 0 unspecified atom stereocenters. The molecule has 0 saturated carbocycles. The van der Waals surface area contributed by atoms with Crippen LogP contribution in [0.15, 0.2) is 41.5 Å². The molecule has 28 heavy (non-hydrogen) atoms. The molecule has 0 atom stereocenters. The van der Waals surface area contributed by atoms with Gasteiger partial charge in [0.2, 0.25) is 6.79 Å². The molecule has 0 aliphatic carbocycles. The van der Waals surface area contributed by atoms with Crippen molar-refractivity contribution in [1.82, 2.24) is 5.43 Å². The van der Waals surface area contributed by atoms with E-state index in [0.717, 1.165) is 5.69 Å². The molecule has 0 radical (unpaired) electrons. The van der Waals surface area contributed by atoms with Crippen LogP contribution in [0.5, 0.6) is 23.0 Å². The number of nitrogens with one attached hydrogen (secondary N) is 1. The summed E-state index contributed by atoms with van der Waals surface area (Å²) >= 11 is 0. The molecular weight excluding hydrogens is 362 g/mol. The number of rotatable bonds is 8. The predicted octanol–water partition coefficient (Wildman–Crippen LogP) is 2.41. The normalized spacial score (nSPS) is 12.1. The fourth-order valence-electron chi connectivity index (χ4n) is 2.53. The van der Waals surface area contributed by atoms with Crippen molar-refractivity contribution < 1.29 is 23.7 Å². The molecule has 0 saturated heterocycles. The molecule has 3 rings (SSSR count). The molecule has 0 bridgehead atoms. The van der Waals surface area contributed by atoms with E-state index in [0.29, 0.717) is 35.2 Å². The highest BCUT2D eigenvalue weighted by Gasteiger charge is 2.17. The fourth-order valence-corrected chi connectivity index (χ4v) is 2.53. The zero-order chi connectivity index (χ0) is 19.9. The van der Waals surface area contributed by atoms with E-state index >= 15 is 0 Å². The Morgan fingerprint density at radius 2 is 2.00 bits per heavy atom. The molecular formula is C20H23N3O5. The molecule has 2 aromatic carbocycles. The standard InChI is InChI=1S/C20H23N3O5/c1-4-25-17-10-19-18(27-13-28-19)8-14(17)11-21-22-20(24)12-26-16-7-5-6-15(9-16)23(2)3/h5-11H,4,12-13H2,1-3H3,(H,22,24)/b21-11-. The maximum Gasteiger partial charge on any atom is 0.277 e. The number of carbonyl (C=O) groups is 1. The van der Waals surface area contributed by atoms with Gasteiger partial charge in [-0.25, -0.2) is 5.43 Å². The van der Waals surface area contributed by atoms with Crippen LogP contribution in [0.4, 0.5) is 5.69 Å². The Morgan fingerprint density at radius 1 is 1.21 bits per heavy atom. The average Bonchev–Trinajstić information content (AvgIpc) is 3.14. The first-order chi connectivity index (χ1) is 13.6. The number of amides is 1. The molecule has 1 heterocycles. The van der Waals surface area contributed by atoms with Gasteiger partial charge in [-0.15, -0.1) is 0 Å². The molecule has 0 fully saturated rings. The van der Waals surface area contributed by atoms with Gasteiger partial charge in [0.1, 0.15) is 11.5 Å². The Balaban J connectivity index is 1.57. The Hall–Kier alpha value is -3.42. The molecule has 8 nitrogen and oxygen atoms in total. The van der Waals surface area contributed by atoms with E-state index in [1.54, 1.807) is 18.2 Å². The van der Waals surface area contributed by atoms with Crippen LogP contribution in [-0.4, -0.2) is 46.2 Å². The molecule has 8 heteroatoms. The zero-order valence-electron chi connectivity index (χ0n) is 16.1. The average molecular weight is 385 g/mol. The van der Waals surface area contributed by atoms with Gasteiger partial charge in [0.15, 0.2) is 18.1 Å². The van der Waals surface area contributed by atoms with Crippen molar-refractivity contribution in [2.45, 2.75) is 6.92 Å². The highest BCUT2D eigenvalue weighted by Crippen LogP contribution is 2.37. The molecule has 1 N–H and O–H groups in total. The third-order valence-corrected chi connectivity index (χ3v) is 3.90. The summed E-state index contributed by atoms with van der Waals surface area (Å²) in [7, 11) is 3.88. The van der Waals surface area contributed by atoms with Crippen molar-refractivity contribution in [3.8, 4) is 23.0 Å². The predicted molar refractivity (Wildman–Crippen MR) is 106 cm³/mol. The quantitative estimate of drug-likeness (QED) is 0.555. The van der Waals surface area contributed by atoms with Gasteiger partial charge in [-0.1, -0.05) is 6.07 Å². The van der Waals surface area contributed by atoms with Crippen LogP contribution < -0.4 is 29.3 Å². The number of anilines is 1. The van der Waals surface area contributed by atoms with Gasteiger partial charge < -0.3 is 23.8 Å². The first kappa shape index (κ1) is 19.3. The van der Waals surface area contributed by atoms with E-state index in [4.69, 9.17) is 18.9 Å². The number of hydrogen-bond acceptors (Lipinski definition) is 7. The van der Waals surface area contributed by atoms with Gasteiger partial charge in [-0.3, -0.25) is 4.79 Å². The van der Waals surface area contributed by atoms with Crippen LogP contribution in [0.25, 0.3) is 0 Å². The molecule has 1 aliphatic heterocycles. The summed E-state index contributed by atoms with van der Waals surface area (Å²) in [4.78, 5) is 13.9. The fraction of sp³-hybridized carbons (Fsp3) is 0.300. The SMILES string of the molecule is CCOc1cc2c(cc1/C=N\NC(=O)COc1cccc(N(C)C)c1)OCO2. The van der Waals surface area contributed by atoms with Crippen LogP contribution in [-0.2, 0) is 4.79 Å². The topological polar surface area (TPSA) is 81.6 Å². The van der Waals surface area contributed by atoms with Crippen LogP contribution in [0.3, 0.4) is 0 Å². The van der Waals surface area contributed by atoms with Gasteiger partial charge in [0.25, 0.3) is 5.91 Å². The highest BCUT2D eigenvalue weighted by atomic mass is 16.7. The first-order valence-electron chi connectivity index (χ1n) is 8.85. The van der Waals surface area contributed by atoms with Crippen molar-refractivity contribution in [2.24, 2.45) is 5.10 Å². The lowest BCUT2D eigenvalue weighted by molar-refractivity contribution is -0.123. The molecule has 0 spiro atoms. The van der Waals surface area contributed by atoms with E-state index in [1.165, 1.54) is 6.21 Å². The molecule has 1 aliphatic rings. The van der Waals surface area contributed by atoms with Crippen LogP contribution >= 0.6 is 0 Å². The lowest BCUT2D eigenvalue weighted by atomic mass is 10.2. The van der Waals surface area contributed by atoms with Crippen LogP contribution in [0.1, 0.15) is 12.5 Å². The number of ether oxygens (including phenoxy) is 4. The number of nitrogens with zero attached hydrogens (tertiary/aromatic N) is 2. The number of carbonyl (C=O) groups excluding carboxylic acids is 1. The second-order valence-corrected chi connectivity index (χ2v) is 6.15. The second-order valence-electron chi connectivity index (χ2n) is 6.15. The Kier molecular flexibility index (Phi) is 6.21. The third-order valence-electron chi connectivity index (χ3n) is 3.90. The van der Waals surface area contributed by atoms with Crippen molar-refractivity contribution in [1.29, 1.82) is 0 Å². The summed E-state index contributed by atoms with van der Waals surface area (Å²) in [5.74, 6) is 2.07. The summed E-state index contributed by atoms with van der Waals surface area (Å²) in [5, 5.41) is 3.98. The monoisotopic (exact) mass is 385 g/mol. The van der Waals surface area contributed by atoms with Crippen LogP contribution in [0.2, 0.25) is 0 Å². The highest BCUT2D eigenvalue weighted by molar-refractivity contribution is 5.87. The smallest absolute Gasteiger partial charge is 0.277 e. The molecule has 0 aromatic heterocycles. The minimum Gasteiger partial charge on any atom is -0.493 e. The van der Waals surface area contributed by atoms with Crippen molar-refractivity contribution in [3.05, 3.63) is 42.0 Å². The number of hydrogen-bond donors (Lipinski definition) is 1. The summed E-state index contributed by atoms with van der Waals surface area (Å²) in [6.07, 6.45) is 1.50. The molecule has 1 amide bonds. The second kappa shape index (κ2) is 8.98. The summed E-state index contributed by atoms with van der Waals surface area (Å²) in [6.45, 7) is 2.40. The largest absolute Gasteiger partial charge is 0.493 e. The van der Waals surface area contributed by atoms with Crippen molar-refractivity contribution >= 4 is 17.8 Å². The number of benzene rings is 2. The summed E-state index contributed by atoms with van der Waals surface area (Å²) in [5.41, 5.74) is 4.10. The van der Waals surface area contributed by atoms with E-state index in [2.05, 4.69) is 10.5 Å². The maximum absolute atomic E-state index is 12.0. The zero-order valence-corrected chi connectivity index (χ0v) is 16.1. The third kappa shape index (κ3) is 4.85. The van der Waals surface area contributed by atoms with E-state index in [9.17, 15) is 4.79 Å². The molecule has 2 aromatic rings. The lowest BCUT2D eigenvalue weighted by Gasteiger charge is -2.13. The van der Waals surface area contributed by atoms with E-state index < -0.39 is 0 Å². The summed E-state index contributed by atoms with van der Waals surface area (Å²) in [6, 6.07) is 11.0.